The quantitative estimate of drug-likeness (QED) is 0.690. The predicted molar refractivity (Wildman–Crippen MR) is 117 cm³/mol. The Morgan fingerprint density at radius 1 is 1.13 bits per heavy atom. The maximum Gasteiger partial charge on any atom is 0.256 e. The van der Waals surface area contributed by atoms with Gasteiger partial charge < -0.3 is 10.0 Å². The molecule has 0 radical (unpaired) electrons. The fourth-order valence-corrected chi connectivity index (χ4v) is 3.79. The average Bonchev–Trinajstić information content (AvgIpc) is 3.44. The minimum Gasteiger partial charge on any atom is -0.384 e. The summed E-state index contributed by atoms with van der Waals surface area (Å²) >= 11 is 0. The molecule has 9 nitrogen and oxygen atoms in total. The maximum atomic E-state index is 13.3. The van der Waals surface area contributed by atoms with Crippen LogP contribution in [-0.2, 0) is 5.60 Å². The molecule has 9 heteroatoms. The Bertz CT molecular complexity index is 1010. The Labute approximate surface area is 182 Å². The molecule has 1 aliphatic rings. The smallest absolute Gasteiger partial charge is 0.256 e. The molecule has 0 bridgehead atoms. The molecule has 1 aliphatic heterocycles. The van der Waals surface area contributed by atoms with Crippen molar-refractivity contribution >= 4 is 5.91 Å². The number of hydrogen-bond donors (Lipinski definition) is 1. The standard InChI is InChI=1S/C20H25N7O2.C2H6/c1-14-18(20(2,3)29)24-26(23-14)15-7-6-12-25(13-15)19(28)16-8-4-5-9-17(16)27-21-10-11-22-27;1-2/h4-5,8-11,15,29H,6-7,12-13H2,1-3H3;1-2H3. The molecule has 1 saturated heterocycles. The van der Waals surface area contributed by atoms with Crippen molar-refractivity contribution in [1.82, 2.24) is 34.9 Å². The fraction of sp³-hybridized carbons (Fsp3) is 0.500. The number of rotatable bonds is 4. The molecule has 4 rings (SSSR count). The van der Waals surface area contributed by atoms with Crippen LogP contribution in [-0.4, -0.2) is 59.0 Å². The van der Waals surface area contributed by atoms with Crippen molar-refractivity contribution in [2.45, 2.75) is 59.1 Å². The first-order chi connectivity index (χ1) is 14.8. The number of amides is 1. The van der Waals surface area contributed by atoms with Gasteiger partial charge >= 0.3 is 0 Å². The largest absolute Gasteiger partial charge is 0.384 e. The molecular weight excluding hydrogens is 394 g/mol. The molecule has 1 amide bonds. The molecule has 1 atom stereocenters. The number of carbonyl (C=O) groups excluding carboxylic acids is 1. The van der Waals surface area contributed by atoms with E-state index < -0.39 is 5.60 Å². The van der Waals surface area contributed by atoms with Crippen LogP contribution >= 0.6 is 0 Å². The number of hydrogen-bond acceptors (Lipinski definition) is 6. The first kappa shape index (κ1) is 22.6. The van der Waals surface area contributed by atoms with Crippen LogP contribution in [0.4, 0.5) is 0 Å². The van der Waals surface area contributed by atoms with E-state index in [9.17, 15) is 9.90 Å². The molecule has 3 heterocycles. The van der Waals surface area contributed by atoms with Gasteiger partial charge in [-0.15, -0.1) is 0 Å². The lowest BCUT2D eigenvalue weighted by Crippen LogP contribution is -2.41. The summed E-state index contributed by atoms with van der Waals surface area (Å²) in [6, 6.07) is 7.31. The highest BCUT2D eigenvalue weighted by Gasteiger charge is 2.30. The van der Waals surface area contributed by atoms with Gasteiger partial charge in [0.2, 0.25) is 0 Å². The molecule has 3 aromatic rings. The number of piperidine rings is 1. The van der Waals surface area contributed by atoms with E-state index in [4.69, 9.17) is 0 Å². The Balaban J connectivity index is 0.00000132. The van der Waals surface area contributed by atoms with E-state index in [1.165, 1.54) is 4.80 Å². The number of aryl methyl sites for hydroxylation is 1. The second-order valence-electron chi connectivity index (χ2n) is 7.90. The Hall–Kier alpha value is -3.07. The molecule has 0 spiro atoms. The van der Waals surface area contributed by atoms with Gasteiger partial charge in [-0.2, -0.15) is 30.0 Å². The third-order valence-corrected chi connectivity index (χ3v) is 5.16. The summed E-state index contributed by atoms with van der Waals surface area (Å²) in [6.07, 6.45) is 4.91. The van der Waals surface area contributed by atoms with Gasteiger partial charge in [0.25, 0.3) is 5.91 Å². The summed E-state index contributed by atoms with van der Waals surface area (Å²) in [5.74, 6) is -0.0609. The minimum atomic E-state index is -1.05. The number of likely N-dealkylation sites (tertiary alicyclic amines) is 1. The van der Waals surface area contributed by atoms with E-state index in [2.05, 4.69) is 20.4 Å². The van der Waals surface area contributed by atoms with Crippen molar-refractivity contribution in [3.63, 3.8) is 0 Å². The third kappa shape index (κ3) is 4.82. The van der Waals surface area contributed by atoms with Crippen molar-refractivity contribution in [2.24, 2.45) is 0 Å². The van der Waals surface area contributed by atoms with Crippen molar-refractivity contribution < 1.29 is 9.90 Å². The summed E-state index contributed by atoms with van der Waals surface area (Å²) in [4.78, 5) is 18.2. The highest BCUT2D eigenvalue weighted by molar-refractivity contribution is 5.97. The lowest BCUT2D eigenvalue weighted by Gasteiger charge is -2.32. The second kappa shape index (κ2) is 9.38. The Morgan fingerprint density at radius 2 is 1.81 bits per heavy atom. The van der Waals surface area contributed by atoms with E-state index in [-0.39, 0.29) is 11.9 Å². The molecule has 0 aliphatic carbocycles. The number of nitrogens with zero attached hydrogens (tertiary/aromatic N) is 7. The molecule has 1 fully saturated rings. The van der Waals surface area contributed by atoms with Gasteiger partial charge in [-0.05, 0) is 45.7 Å². The van der Waals surface area contributed by atoms with Crippen LogP contribution in [0.5, 0.6) is 0 Å². The minimum absolute atomic E-state index is 0.0301. The highest BCUT2D eigenvalue weighted by atomic mass is 16.3. The number of aromatic nitrogens is 6. The summed E-state index contributed by atoms with van der Waals surface area (Å²) in [5, 5.41) is 27.6. The van der Waals surface area contributed by atoms with E-state index in [1.54, 1.807) is 37.1 Å². The van der Waals surface area contributed by atoms with Crippen LogP contribution in [0, 0.1) is 6.92 Å². The maximum absolute atomic E-state index is 13.3. The van der Waals surface area contributed by atoms with Crippen LogP contribution in [0.25, 0.3) is 5.69 Å². The van der Waals surface area contributed by atoms with Crippen LogP contribution in [0.1, 0.15) is 68.3 Å². The van der Waals surface area contributed by atoms with Crippen molar-refractivity contribution in [3.05, 3.63) is 53.6 Å². The molecule has 1 unspecified atom stereocenters. The van der Waals surface area contributed by atoms with Gasteiger partial charge in [0, 0.05) is 13.1 Å². The third-order valence-electron chi connectivity index (χ3n) is 5.16. The Morgan fingerprint density at radius 3 is 2.45 bits per heavy atom. The van der Waals surface area contributed by atoms with Crippen LogP contribution in [0.2, 0.25) is 0 Å². The highest BCUT2D eigenvalue weighted by Crippen LogP contribution is 2.26. The summed E-state index contributed by atoms with van der Waals surface area (Å²) in [7, 11) is 0. The lowest BCUT2D eigenvalue weighted by atomic mass is 10.0. The first-order valence-corrected chi connectivity index (χ1v) is 10.8. The molecule has 166 valence electrons. The van der Waals surface area contributed by atoms with Crippen molar-refractivity contribution in [2.75, 3.05) is 13.1 Å². The van der Waals surface area contributed by atoms with Crippen molar-refractivity contribution in [1.29, 1.82) is 0 Å². The molecule has 31 heavy (non-hydrogen) atoms. The van der Waals surface area contributed by atoms with E-state index in [0.29, 0.717) is 35.7 Å². The molecular formula is C22H31N7O2. The van der Waals surface area contributed by atoms with Gasteiger partial charge in [-0.1, -0.05) is 26.0 Å². The van der Waals surface area contributed by atoms with Crippen LogP contribution in [0.3, 0.4) is 0 Å². The van der Waals surface area contributed by atoms with Gasteiger partial charge in [-0.25, -0.2) is 0 Å². The van der Waals surface area contributed by atoms with Gasteiger partial charge in [0.1, 0.15) is 11.3 Å². The normalized spacial score (nSPS) is 16.6. The predicted octanol–water partition coefficient (Wildman–Crippen LogP) is 2.90. The summed E-state index contributed by atoms with van der Waals surface area (Å²) in [5.41, 5.74) is 1.43. The van der Waals surface area contributed by atoms with E-state index >= 15 is 0 Å². The molecule has 0 saturated carbocycles. The fourth-order valence-electron chi connectivity index (χ4n) is 3.79. The van der Waals surface area contributed by atoms with Gasteiger partial charge in [0.05, 0.1) is 35.4 Å². The van der Waals surface area contributed by atoms with E-state index in [0.717, 1.165) is 12.8 Å². The van der Waals surface area contributed by atoms with Crippen molar-refractivity contribution in [3.8, 4) is 5.69 Å². The lowest BCUT2D eigenvalue weighted by molar-refractivity contribution is 0.0640. The topological polar surface area (TPSA) is 102 Å². The second-order valence-corrected chi connectivity index (χ2v) is 7.90. The number of para-hydroxylation sites is 1. The zero-order chi connectivity index (χ0) is 22.6. The molecule has 1 N–H and O–H groups in total. The van der Waals surface area contributed by atoms with Gasteiger partial charge in [-0.3, -0.25) is 4.79 Å². The van der Waals surface area contributed by atoms with Crippen LogP contribution in [0.15, 0.2) is 36.7 Å². The molecule has 2 aromatic heterocycles. The number of aliphatic hydroxyl groups is 1. The SMILES string of the molecule is CC.Cc1nn(C2CCCN(C(=O)c3ccccc3-n3nccn3)C2)nc1C(C)(C)O. The monoisotopic (exact) mass is 425 g/mol. The summed E-state index contributed by atoms with van der Waals surface area (Å²) < 4.78 is 0. The molecule has 1 aromatic carbocycles. The van der Waals surface area contributed by atoms with Crippen LogP contribution < -0.4 is 0 Å². The average molecular weight is 426 g/mol. The zero-order valence-corrected chi connectivity index (χ0v) is 18.9. The van der Waals surface area contributed by atoms with E-state index in [1.807, 2.05) is 43.9 Å². The first-order valence-electron chi connectivity index (χ1n) is 10.8. The number of benzene rings is 1. The Kier molecular flexibility index (Phi) is 6.84. The van der Waals surface area contributed by atoms with Gasteiger partial charge in [0.15, 0.2) is 0 Å². The zero-order valence-electron chi connectivity index (χ0n) is 18.9. The number of carbonyl (C=O) groups is 1. The summed E-state index contributed by atoms with van der Waals surface area (Å²) in [6.45, 7) is 10.4.